The van der Waals surface area contributed by atoms with E-state index >= 15 is 0 Å². The molecule has 0 fully saturated rings. The van der Waals surface area contributed by atoms with Crippen LogP contribution in [0.5, 0.6) is 0 Å². The lowest BCUT2D eigenvalue weighted by Crippen LogP contribution is -2.11. The highest BCUT2D eigenvalue weighted by molar-refractivity contribution is 6.35. The number of aromatic amines is 1. The number of fused-ring (bicyclic) bond motifs is 1. The quantitative estimate of drug-likeness (QED) is 0.545. The highest BCUT2D eigenvalue weighted by Crippen LogP contribution is 2.33. The average molecular weight is 373 g/mol. The van der Waals surface area contributed by atoms with Gasteiger partial charge in [-0.2, -0.15) is 0 Å². The van der Waals surface area contributed by atoms with E-state index in [4.69, 9.17) is 27.9 Å². The zero-order valence-corrected chi connectivity index (χ0v) is 14.6. The van der Waals surface area contributed by atoms with Crippen LogP contribution >= 0.6 is 23.2 Å². The van der Waals surface area contributed by atoms with Crippen molar-refractivity contribution in [3.8, 4) is 0 Å². The lowest BCUT2D eigenvalue weighted by molar-refractivity contribution is 0.0249. The van der Waals surface area contributed by atoms with E-state index in [1.54, 1.807) is 24.7 Å². The van der Waals surface area contributed by atoms with Gasteiger partial charge in [0.25, 0.3) is 0 Å². The number of ether oxygens (including phenoxy) is 1. The molecule has 0 amide bonds. The number of nitrogens with zero attached hydrogens (tertiary/aromatic N) is 3. The lowest BCUT2D eigenvalue weighted by Gasteiger charge is -2.18. The third-order valence-corrected chi connectivity index (χ3v) is 4.41. The molecule has 5 nitrogen and oxygen atoms in total. The first-order chi connectivity index (χ1) is 12.2. The van der Waals surface area contributed by atoms with Gasteiger partial charge in [-0.25, -0.2) is 9.97 Å². The molecule has 4 rings (SSSR count). The van der Waals surface area contributed by atoms with Crippen molar-refractivity contribution < 1.29 is 4.74 Å². The number of halogens is 2. The number of imidazole rings is 2. The van der Waals surface area contributed by atoms with Gasteiger partial charge in [0.2, 0.25) is 0 Å². The van der Waals surface area contributed by atoms with E-state index < -0.39 is 6.10 Å². The Kier molecular flexibility index (Phi) is 4.44. The maximum atomic E-state index is 6.41. The first kappa shape index (κ1) is 16.1. The number of hydrogen-bond donors (Lipinski definition) is 1. The SMILES string of the molecule is Clc1ccc(C(OCn2ccnc2)c2nc3ccccc3[nH]2)c(Cl)c1. The van der Waals surface area contributed by atoms with Gasteiger partial charge in [0.05, 0.1) is 17.4 Å². The topological polar surface area (TPSA) is 55.7 Å². The second-order valence-electron chi connectivity index (χ2n) is 5.56. The summed E-state index contributed by atoms with van der Waals surface area (Å²) in [5, 5.41) is 1.11. The molecule has 2 aromatic carbocycles. The van der Waals surface area contributed by atoms with Gasteiger partial charge >= 0.3 is 0 Å². The molecule has 7 heteroatoms. The van der Waals surface area contributed by atoms with Gasteiger partial charge in [0, 0.05) is 28.0 Å². The van der Waals surface area contributed by atoms with E-state index in [-0.39, 0.29) is 0 Å². The Labute approximate surface area is 154 Å². The Morgan fingerprint density at radius 3 is 2.80 bits per heavy atom. The molecule has 126 valence electrons. The number of para-hydroxylation sites is 2. The van der Waals surface area contributed by atoms with Crippen molar-refractivity contribution >= 4 is 34.2 Å². The van der Waals surface area contributed by atoms with Gasteiger partial charge in [-0.3, -0.25) is 0 Å². The summed E-state index contributed by atoms with van der Waals surface area (Å²) in [6.07, 6.45) is 4.77. The number of hydrogen-bond acceptors (Lipinski definition) is 3. The van der Waals surface area contributed by atoms with E-state index in [2.05, 4.69) is 15.0 Å². The molecule has 1 unspecified atom stereocenters. The molecule has 1 atom stereocenters. The Hall–Kier alpha value is -2.34. The first-order valence-electron chi connectivity index (χ1n) is 7.67. The summed E-state index contributed by atoms with van der Waals surface area (Å²) in [4.78, 5) is 12.0. The summed E-state index contributed by atoms with van der Waals surface area (Å²) < 4.78 is 7.94. The van der Waals surface area contributed by atoms with Crippen molar-refractivity contribution in [2.45, 2.75) is 12.8 Å². The highest BCUT2D eigenvalue weighted by atomic mass is 35.5. The van der Waals surface area contributed by atoms with Crippen molar-refractivity contribution in [1.82, 2.24) is 19.5 Å². The number of H-pyrrole nitrogens is 1. The fraction of sp³-hybridized carbons (Fsp3) is 0.111. The van der Waals surface area contributed by atoms with Crippen LogP contribution in [0.15, 0.2) is 61.2 Å². The Balaban J connectivity index is 1.74. The zero-order valence-electron chi connectivity index (χ0n) is 13.1. The van der Waals surface area contributed by atoms with Crippen molar-refractivity contribution in [1.29, 1.82) is 0 Å². The molecule has 0 bridgehead atoms. The van der Waals surface area contributed by atoms with E-state index in [1.165, 1.54) is 0 Å². The predicted octanol–water partition coefficient (Wildman–Crippen LogP) is 4.83. The van der Waals surface area contributed by atoms with Crippen LogP contribution in [-0.4, -0.2) is 19.5 Å². The van der Waals surface area contributed by atoms with Crippen molar-refractivity contribution in [3.63, 3.8) is 0 Å². The highest BCUT2D eigenvalue weighted by Gasteiger charge is 2.22. The normalized spacial score (nSPS) is 12.6. The van der Waals surface area contributed by atoms with Crippen LogP contribution in [0.25, 0.3) is 11.0 Å². The molecule has 0 radical (unpaired) electrons. The Bertz CT molecular complexity index is 964. The van der Waals surface area contributed by atoms with Crippen LogP contribution in [0.3, 0.4) is 0 Å². The molecule has 2 aromatic heterocycles. The summed E-state index contributed by atoms with van der Waals surface area (Å²) in [6.45, 7) is 0.320. The van der Waals surface area contributed by atoms with Crippen LogP contribution < -0.4 is 0 Å². The van der Waals surface area contributed by atoms with Gasteiger partial charge in [0.1, 0.15) is 18.7 Å². The minimum Gasteiger partial charge on any atom is -0.345 e. The van der Waals surface area contributed by atoms with E-state index in [1.807, 2.05) is 41.1 Å². The maximum Gasteiger partial charge on any atom is 0.144 e. The standard InChI is InChI=1S/C18H14Cl2N4O/c19-12-5-6-13(14(20)9-12)17(25-11-24-8-7-21-10-24)18-22-15-3-1-2-4-16(15)23-18/h1-10,17H,11H2,(H,22,23). The molecule has 0 spiro atoms. The monoisotopic (exact) mass is 372 g/mol. The number of benzene rings is 2. The lowest BCUT2D eigenvalue weighted by atomic mass is 10.1. The van der Waals surface area contributed by atoms with E-state index in [0.29, 0.717) is 22.6 Å². The Morgan fingerprint density at radius 1 is 1.16 bits per heavy atom. The van der Waals surface area contributed by atoms with Crippen molar-refractivity contribution in [2.75, 3.05) is 0 Å². The third kappa shape index (κ3) is 3.39. The van der Waals surface area contributed by atoms with Crippen LogP contribution in [0.1, 0.15) is 17.5 Å². The fourth-order valence-corrected chi connectivity index (χ4v) is 3.16. The summed E-state index contributed by atoms with van der Waals surface area (Å²) >= 11 is 12.4. The summed E-state index contributed by atoms with van der Waals surface area (Å²) in [6, 6.07) is 13.2. The number of rotatable bonds is 5. The molecular formula is C18H14Cl2N4O. The molecule has 4 aromatic rings. The number of nitrogens with one attached hydrogen (secondary N) is 1. The van der Waals surface area contributed by atoms with Crippen LogP contribution in [-0.2, 0) is 11.5 Å². The van der Waals surface area contributed by atoms with Crippen LogP contribution in [0.2, 0.25) is 10.0 Å². The summed E-state index contributed by atoms with van der Waals surface area (Å²) in [7, 11) is 0. The zero-order chi connectivity index (χ0) is 17.2. The predicted molar refractivity (Wildman–Crippen MR) is 97.7 cm³/mol. The van der Waals surface area contributed by atoms with Gasteiger partial charge in [-0.05, 0) is 24.3 Å². The molecule has 0 aliphatic rings. The van der Waals surface area contributed by atoms with Crippen molar-refractivity contribution in [3.05, 3.63) is 82.6 Å². The second kappa shape index (κ2) is 6.88. The van der Waals surface area contributed by atoms with Gasteiger partial charge in [-0.15, -0.1) is 0 Å². The maximum absolute atomic E-state index is 6.41. The molecule has 0 aliphatic carbocycles. The summed E-state index contributed by atoms with van der Waals surface area (Å²) in [5.74, 6) is 0.686. The fourth-order valence-electron chi connectivity index (χ4n) is 2.65. The molecule has 1 N–H and O–H groups in total. The minimum absolute atomic E-state index is 0.320. The van der Waals surface area contributed by atoms with E-state index in [9.17, 15) is 0 Å². The average Bonchev–Trinajstić information content (AvgIpc) is 3.25. The molecule has 25 heavy (non-hydrogen) atoms. The first-order valence-corrected chi connectivity index (χ1v) is 8.43. The minimum atomic E-state index is -0.459. The third-order valence-electron chi connectivity index (χ3n) is 3.85. The van der Waals surface area contributed by atoms with Crippen LogP contribution in [0.4, 0.5) is 0 Å². The molecule has 2 heterocycles. The second-order valence-corrected chi connectivity index (χ2v) is 6.40. The molecule has 0 aliphatic heterocycles. The largest absolute Gasteiger partial charge is 0.345 e. The number of aromatic nitrogens is 4. The Morgan fingerprint density at radius 2 is 2.04 bits per heavy atom. The van der Waals surface area contributed by atoms with Gasteiger partial charge < -0.3 is 14.3 Å². The van der Waals surface area contributed by atoms with Crippen LogP contribution in [0, 0.1) is 0 Å². The summed E-state index contributed by atoms with van der Waals surface area (Å²) in [5.41, 5.74) is 2.61. The molecule has 0 saturated carbocycles. The van der Waals surface area contributed by atoms with Gasteiger partial charge in [0.15, 0.2) is 0 Å². The van der Waals surface area contributed by atoms with Crippen molar-refractivity contribution in [2.24, 2.45) is 0 Å². The molecular weight excluding hydrogens is 359 g/mol. The molecule has 0 saturated heterocycles. The van der Waals surface area contributed by atoms with Gasteiger partial charge in [-0.1, -0.05) is 41.4 Å². The smallest absolute Gasteiger partial charge is 0.144 e. The van der Waals surface area contributed by atoms with E-state index in [0.717, 1.165) is 16.6 Å².